The summed E-state index contributed by atoms with van der Waals surface area (Å²) in [6, 6.07) is 13.2. The van der Waals surface area contributed by atoms with E-state index in [1.54, 1.807) is 6.07 Å². The Hall–Kier alpha value is -2.34. The fourth-order valence-electron chi connectivity index (χ4n) is 2.98. The quantitative estimate of drug-likeness (QED) is 0.709. The summed E-state index contributed by atoms with van der Waals surface area (Å²) >= 11 is 0. The van der Waals surface area contributed by atoms with Crippen LogP contribution in [0.4, 0.5) is 13.2 Å². The van der Waals surface area contributed by atoms with Gasteiger partial charge in [-0.2, -0.15) is 13.2 Å². The normalized spacial score (nSPS) is 13.3. The van der Waals surface area contributed by atoms with Crippen LogP contribution in [0.2, 0.25) is 0 Å². The number of halogens is 3. The predicted octanol–water partition coefficient (Wildman–Crippen LogP) is 4.93. The minimum atomic E-state index is -4.32. The predicted molar refractivity (Wildman–Crippen MR) is 92.1 cm³/mol. The van der Waals surface area contributed by atoms with Crippen molar-refractivity contribution in [2.45, 2.75) is 39.2 Å². The van der Waals surface area contributed by atoms with Gasteiger partial charge in [0.2, 0.25) is 0 Å². The van der Waals surface area contributed by atoms with Gasteiger partial charge in [-0.1, -0.05) is 30.3 Å². The Balaban J connectivity index is 1.78. The number of benzene rings is 2. The molecule has 1 atom stereocenters. The fraction of sp³-hybridized carbons (Fsp3) is 0.316. The van der Waals surface area contributed by atoms with Crippen LogP contribution in [0.5, 0.6) is 0 Å². The molecule has 1 aromatic heterocycles. The van der Waals surface area contributed by atoms with Gasteiger partial charge in [0.05, 0.1) is 22.6 Å². The van der Waals surface area contributed by atoms with Crippen molar-refractivity contribution in [3.63, 3.8) is 0 Å². The largest absolute Gasteiger partial charge is 0.416 e. The number of aryl methyl sites for hydroxylation is 1. The van der Waals surface area contributed by atoms with Crippen LogP contribution in [-0.4, -0.2) is 9.55 Å². The van der Waals surface area contributed by atoms with Gasteiger partial charge in [0.15, 0.2) is 0 Å². The Morgan fingerprint density at radius 3 is 2.60 bits per heavy atom. The van der Waals surface area contributed by atoms with E-state index in [1.165, 1.54) is 12.1 Å². The number of aromatic nitrogens is 2. The van der Waals surface area contributed by atoms with Gasteiger partial charge in [-0.15, -0.1) is 0 Å². The summed E-state index contributed by atoms with van der Waals surface area (Å²) < 4.78 is 40.6. The molecule has 25 heavy (non-hydrogen) atoms. The smallest absolute Gasteiger partial charge is 0.327 e. The molecular formula is C19H20F3N3. The van der Waals surface area contributed by atoms with Crippen LogP contribution in [0.1, 0.15) is 36.8 Å². The average molecular weight is 347 g/mol. The molecule has 0 saturated carbocycles. The SMILES string of the molecule is CCn1c(C(C)NCc2cccc(C(F)(F)F)c2)nc2ccccc21. The fourth-order valence-corrected chi connectivity index (χ4v) is 2.98. The van der Waals surface area contributed by atoms with Crippen LogP contribution < -0.4 is 5.32 Å². The van der Waals surface area contributed by atoms with Gasteiger partial charge in [-0.05, 0) is 37.6 Å². The molecule has 132 valence electrons. The first-order valence-corrected chi connectivity index (χ1v) is 8.25. The number of nitrogens with one attached hydrogen (secondary N) is 1. The van der Waals surface area contributed by atoms with Crippen LogP contribution in [0, 0.1) is 0 Å². The summed E-state index contributed by atoms with van der Waals surface area (Å²) in [5.41, 5.74) is 1.96. The molecule has 0 radical (unpaired) electrons. The number of imidazole rings is 1. The number of hydrogen-bond acceptors (Lipinski definition) is 2. The Bertz CT molecular complexity index is 868. The summed E-state index contributed by atoms with van der Waals surface area (Å²) in [4.78, 5) is 4.67. The maximum atomic E-state index is 12.8. The van der Waals surface area contributed by atoms with Gasteiger partial charge in [-0.25, -0.2) is 4.98 Å². The van der Waals surface area contributed by atoms with Crippen molar-refractivity contribution in [1.29, 1.82) is 0 Å². The summed E-state index contributed by atoms with van der Waals surface area (Å²) in [5, 5.41) is 3.28. The lowest BCUT2D eigenvalue weighted by Crippen LogP contribution is -2.22. The van der Waals surface area contributed by atoms with Gasteiger partial charge >= 0.3 is 6.18 Å². The van der Waals surface area contributed by atoms with Crippen LogP contribution in [0.3, 0.4) is 0 Å². The molecule has 0 spiro atoms. The molecule has 3 rings (SSSR count). The summed E-state index contributed by atoms with van der Waals surface area (Å²) in [7, 11) is 0. The lowest BCUT2D eigenvalue weighted by Gasteiger charge is -2.16. The second-order valence-corrected chi connectivity index (χ2v) is 6.00. The number of fused-ring (bicyclic) bond motifs is 1. The van der Waals surface area contributed by atoms with Crippen molar-refractivity contribution < 1.29 is 13.2 Å². The van der Waals surface area contributed by atoms with E-state index >= 15 is 0 Å². The number of hydrogen-bond donors (Lipinski definition) is 1. The third kappa shape index (κ3) is 3.69. The monoisotopic (exact) mass is 347 g/mol. The second kappa shape index (κ2) is 6.88. The van der Waals surface area contributed by atoms with Crippen molar-refractivity contribution in [1.82, 2.24) is 14.9 Å². The number of nitrogens with zero attached hydrogens (tertiary/aromatic N) is 2. The number of alkyl halides is 3. The number of para-hydroxylation sites is 2. The first-order chi connectivity index (χ1) is 11.9. The van der Waals surface area contributed by atoms with Crippen molar-refractivity contribution >= 4 is 11.0 Å². The molecule has 0 aliphatic carbocycles. The first-order valence-electron chi connectivity index (χ1n) is 8.25. The van der Waals surface area contributed by atoms with E-state index in [0.717, 1.165) is 29.5 Å². The highest BCUT2D eigenvalue weighted by Crippen LogP contribution is 2.29. The van der Waals surface area contributed by atoms with E-state index in [0.29, 0.717) is 12.1 Å². The van der Waals surface area contributed by atoms with Crippen molar-refractivity contribution in [2.75, 3.05) is 0 Å². The van der Waals surface area contributed by atoms with E-state index in [1.807, 2.05) is 31.2 Å². The Kier molecular flexibility index (Phi) is 4.81. The molecule has 1 unspecified atom stereocenters. The van der Waals surface area contributed by atoms with Crippen LogP contribution >= 0.6 is 0 Å². The highest BCUT2D eigenvalue weighted by molar-refractivity contribution is 5.76. The Morgan fingerprint density at radius 1 is 1.12 bits per heavy atom. The van der Waals surface area contributed by atoms with Crippen molar-refractivity contribution in [3.05, 3.63) is 65.5 Å². The van der Waals surface area contributed by atoms with Crippen LogP contribution in [-0.2, 0) is 19.3 Å². The minimum Gasteiger partial charge on any atom is -0.327 e. The third-order valence-corrected chi connectivity index (χ3v) is 4.25. The minimum absolute atomic E-state index is 0.0816. The maximum absolute atomic E-state index is 12.8. The van der Waals surface area contributed by atoms with Gasteiger partial charge in [0.25, 0.3) is 0 Å². The van der Waals surface area contributed by atoms with Crippen LogP contribution in [0.25, 0.3) is 11.0 Å². The van der Waals surface area contributed by atoms with E-state index in [9.17, 15) is 13.2 Å². The van der Waals surface area contributed by atoms with E-state index in [-0.39, 0.29) is 6.04 Å². The van der Waals surface area contributed by atoms with Crippen LogP contribution in [0.15, 0.2) is 48.5 Å². The molecule has 0 bridgehead atoms. The average Bonchev–Trinajstić information content (AvgIpc) is 2.98. The molecule has 0 aliphatic rings. The topological polar surface area (TPSA) is 29.9 Å². The van der Waals surface area contributed by atoms with Gasteiger partial charge in [0.1, 0.15) is 5.82 Å². The van der Waals surface area contributed by atoms with Gasteiger partial charge < -0.3 is 9.88 Å². The lowest BCUT2D eigenvalue weighted by molar-refractivity contribution is -0.137. The molecule has 1 N–H and O–H groups in total. The molecule has 1 heterocycles. The zero-order valence-corrected chi connectivity index (χ0v) is 14.1. The molecule has 3 aromatic rings. The van der Waals surface area contributed by atoms with E-state index in [4.69, 9.17) is 0 Å². The van der Waals surface area contributed by atoms with Crippen molar-refractivity contribution in [2.24, 2.45) is 0 Å². The molecule has 6 heteroatoms. The zero-order valence-electron chi connectivity index (χ0n) is 14.1. The zero-order chi connectivity index (χ0) is 18.0. The van der Waals surface area contributed by atoms with Gasteiger partial charge in [-0.3, -0.25) is 0 Å². The molecule has 3 nitrogen and oxygen atoms in total. The summed E-state index contributed by atoms with van der Waals surface area (Å²) in [6.07, 6.45) is -4.32. The molecular weight excluding hydrogens is 327 g/mol. The standard InChI is InChI=1S/C19H20F3N3/c1-3-25-17-10-5-4-9-16(17)24-18(25)13(2)23-12-14-7-6-8-15(11-14)19(20,21)22/h4-11,13,23H,3,12H2,1-2H3. The third-order valence-electron chi connectivity index (χ3n) is 4.25. The lowest BCUT2D eigenvalue weighted by atomic mass is 10.1. The molecule has 0 aliphatic heterocycles. The first kappa shape index (κ1) is 17.5. The van der Waals surface area contributed by atoms with Crippen molar-refractivity contribution in [3.8, 4) is 0 Å². The van der Waals surface area contributed by atoms with E-state index in [2.05, 4.69) is 21.8 Å². The molecule has 0 fully saturated rings. The number of rotatable bonds is 5. The highest BCUT2D eigenvalue weighted by atomic mass is 19.4. The molecule has 0 saturated heterocycles. The summed E-state index contributed by atoms with van der Waals surface area (Å²) in [5.74, 6) is 0.885. The van der Waals surface area contributed by atoms with Gasteiger partial charge in [0, 0.05) is 13.1 Å². The Morgan fingerprint density at radius 2 is 1.88 bits per heavy atom. The molecule has 2 aromatic carbocycles. The Labute approximate surface area is 144 Å². The maximum Gasteiger partial charge on any atom is 0.416 e. The van der Waals surface area contributed by atoms with E-state index < -0.39 is 11.7 Å². The highest BCUT2D eigenvalue weighted by Gasteiger charge is 2.30. The summed E-state index contributed by atoms with van der Waals surface area (Å²) in [6.45, 7) is 5.15. The second-order valence-electron chi connectivity index (χ2n) is 6.00. The molecule has 0 amide bonds.